The number of benzene rings is 2. The molecule has 0 bridgehead atoms. The van der Waals surface area contributed by atoms with Gasteiger partial charge in [-0.25, -0.2) is 0 Å². The summed E-state index contributed by atoms with van der Waals surface area (Å²) in [5.74, 6) is 0. The molecule has 0 spiro atoms. The number of rotatable bonds is 2. The van der Waals surface area contributed by atoms with E-state index in [0.717, 1.165) is 23.0 Å². The second kappa shape index (κ2) is 5.15. The summed E-state index contributed by atoms with van der Waals surface area (Å²) in [7, 11) is 0. The van der Waals surface area contributed by atoms with Crippen LogP contribution < -0.4 is 0 Å². The molecule has 3 aromatic rings. The molecule has 0 fully saturated rings. The Morgan fingerprint density at radius 3 is 2.38 bits per heavy atom. The Hall–Kier alpha value is -3.04. The van der Waals surface area contributed by atoms with Crippen molar-refractivity contribution in [2.75, 3.05) is 0 Å². The third-order valence-electron chi connectivity index (χ3n) is 3.72. The Kier molecular flexibility index (Phi) is 3.18. The summed E-state index contributed by atoms with van der Waals surface area (Å²) < 4.78 is 2.13. The van der Waals surface area contributed by atoms with Gasteiger partial charge in [0.15, 0.2) is 0 Å². The predicted octanol–water partition coefficient (Wildman–Crippen LogP) is 3.74. The number of nitriles is 2. The maximum atomic E-state index is 9.03. The number of hydrogen-bond donors (Lipinski definition) is 0. The Balaban J connectivity index is 2.02. The third-order valence-corrected chi connectivity index (χ3v) is 3.72. The Labute approximate surface area is 123 Å². The first kappa shape index (κ1) is 13.0. The molecule has 100 valence electrons. The SMILES string of the molecule is Cc1cc(C#N)ccc1Cn1ccc2ccc(C#N)cc21. The van der Waals surface area contributed by atoms with Crippen molar-refractivity contribution < 1.29 is 0 Å². The molecule has 0 atom stereocenters. The minimum atomic E-state index is 0.666. The maximum Gasteiger partial charge on any atom is 0.0992 e. The molecule has 0 aliphatic heterocycles. The highest BCUT2D eigenvalue weighted by Crippen LogP contribution is 2.20. The predicted molar refractivity (Wildman–Crippen MR) is 81.6 cm³/mol. The molecule has 1 heterocycles. The van der Waals surface area contributed by atoms with Gasteiger partial charge >= 0.3 is 0 Å². The topological polar surface area (TPSA) is 52.5 Å². The van der Waals surface area contributed by atoms with Crippen molar-refractivity contribution in [2.24, 2.45) is 0 Å². The van der Waals surface area contributed by atoms with E-state index in [4.69, 9.17) is 10.5 Å². The van der Waals surface area contributed by atoms with Crippen molar-refractivity contribution in [3.63, 3.8) is 0 Å². The molecule has 0 amide bonds. The fourth-order valence-corrected chi connectivity index (χ4v) is 2.52. The van der Waals surface area contributed by atoms with Crippen LogP contribution in [0.1, 0.15) is 22.3 Å². The van der Waals surface area contributed by atoms with Crippen molar-refractivity contribution in [3.8, 4) is 12.1 Å². The molecule has 3 rings (SSSR count). The van der Waals surface area contributed by atoms with Gasteiger partial charge in [-0.3, -0.25) is 0 Å². The van der Waals surface area contributed by atoms with Crippen LogP contribution in [0.2, 0.25) is 0 Å². The zero-order valence-electron chi connectivity index (χ0n) is 11.7. The van der Waals surface area contributed by atoms with Gasteiger partial charge in [0.25, 0.3) is 0 Å². The molecule has 3 nitrogen and oxygen atoms in total. The van der Waals surface area contributed by atoms with Crippen LogP contribution in [-0.4, -0.2) is 4.57 Å². The molecule has 2 aromatic carbocycles. The summed E-state index contributed by atoms with van der Waals surface area (Å²) in [6, 6.07) is 17.8. The number of aryl methyl sites for hydroxylation is 1. The molecule has 0 N–H and O–H groups in total. The monoisotopic (exact) mass is 271 g/mol. The van der Waals surface area contributed by atoms with Crippen molar-refractivity contribution in [1.29, 1.82) is 10.5 Å². The highest BCUT2D eigenvalue weighted by molar-refractivity contribution is 5.81. The number of fused-ring (bicyclic) bond motifs is 1. The fraction of sp³-hybridized carbons (Fsp3) is 0.111. The van der Waals surface area contributed by atoms with Crippen LogP contribution in [0.4, 0.5) is 0 Å². The van der Waals surface area contributed by atoms with Gasteiger partial charge in [-0.15, -0.1) is 0 Å². The summed E-state index contributed by atoms with van der Waals surface area (Å²) in [6.07, 6.45) is 2.03. The number of hydrogen-bond acceptors (Lipinski definition) is 2. The lowest BCUT2D eigenvalue weighted by Gasteiger charge is -2.09. The third kappa shape index (κ3) is 2.38. The van der Waals surface area contributed by atoms with E-state index in [0.29, 0.717) is 11.1 Å². The molecule has 0 aliphatic carbocycles. The molecular formula is C18H13N3. The zero-order valence-corrected chi connectivity index (χ0v) is 11.7. The quantitative estimate of drug-likeness (QED) is 0.713. The molecule has 0 aliphatic rings. The smallest absolute Gasteiger partial charge is 0.0992 e. The van der Waals surface area contributed by atoms with Crippen LogP contribution in [0.25, 0.3) is 10.9 Å². The van der Waals surface area contributed by atoms with E-state index in [1.165, 1.54) is 5.56 Å². The van der Waals surface area contributed by atoms with Crippen LogP contribution in [0.3, 0.4) is 0 Å². The minimum Gasteiger partial charge on any atom is -0.343 e. The van der Waals surface area contributed by atoms with E-state index < -0.39 is 0 Å². The van der Waals surface area contributed by atoms with Crippen molar-refractivity contribution >= 4 is 10.9 Å². The lowest BCUT2D eigenvalue weighted by molar-refractivity contribution is 0.830. The van der Waals surface area contributed by atoms with Crippen LogP contribution >= 0.6 is 0 Å². The van der Waals surface area contributed by atoms with E-state index in [-0.39, 0.29) is 0 Å². The van der Waals surface area contributed by atoms with Gasteiger partial charge in [0.2, 0.25) is 0 Å². The molecule has 0 saturated carbocycles. The van der Waals surface area contributed by atoms with Crippen LogP contribution in [0.15, 0.2) is 48.7 Å². The van der Waals surface area contributed by atoms with Gasteiger partial charge in [0.1, 0.15) is 0 Å². The van der Waals surface area contributed by atoms with Crippen LogP contribution in [0, 0.1) is 29.6 Å². The molecule has 1 aromatic heterocycles. The lowest BCUT2D eigenvalue weighted by Crippen LogP contribution is -2.00. The molecular weight excluding hydrogens is 258 g/mol. The van der Waals surface area contributed by atoms with Crippen molar-refractivity contribution in [2.45, 2.75) is 13.5 Å². The Bertz CT molecular complexity index is 904. The summed E-state index contributed by atoms with van der Waals surface area (Å²) in [5.41, 5.74) is 4.68. The molecule has 0 saturated heterocycles. The second-order valence-corrected chi connectivity index (χ2v) is 5.08. The van der Waals surface area contributed by atoms with Crippen LogP contribution in [-0.2, 0) is 6.54 Å². The molecule has 3 heteroatoms. The van der Waals surface area contributed by atoms with E-state index >= 15 is 0 Å². The summed E-state index contributed by atoms with van der Waals surface area (Å²) in [4.78, 5) is 0. The zero-order chi connectivity index (χ0) is 14.8. The normalized spacial score (nSPS) is 10.2. The maximum absolute atomic E-state index is 9.03. The molecule has 0 unspecified atom stereocenters. The minimum absolute atomic E-state index is 0.666. The van der Waals surface area contributed by atoms with Gasteiger partial charge in [0, 0.05) is 18.3 Å². The first-order valence-electron chi connectivity index (χ1n) is 6.70. The largest absolute Gasteiger partial charge is 0.343 e. The van der Waals surface area contributed by atoms with E-state index in [2.05, 4.69) is 22.8 Å². The lowest BCUT2D eigenvalue weighted by atomic mass is 10.1. The molecule has 21 heavy (non-hydrogen) atoms. The average Bonchev–Trinajstić information content (AvgIpc) is 2.91. The second-order valence-electron chi connectivity index (χ2n) is 5.08. The number of aromatic nitrogens is 1. The fourth-order valence-electron chi connectivity index (χ4n) is 2.52. The summed E-state index contributed by atoms with van der Waals surface area (Å²) >= 11 is 0. The highest BCUT2D eigenvalue weighted by atomic mass is 14.9. The van der Waals surface area contributed by atoms with Gasteiger partial charge < -0.3 is 4.57 Å². The van der Waals surface area contributed by atoms with Crippen molar-refractivity contribution in [1.82, 2.24) is 4.57 Å². The van der Waals surface area contributed by atoms with Gasteiger partial charge in [-0.05, 0) is 53.8 Å². The standard InChI is InChI=1S/C18H13N3/c1-13-8-14(10-19)3-5-17(13)12-21-7-6-16-4-2-15(11-20)9-18(16)21/h2-9H,12H2,1H3. The first-order chi connectivity index (χ1) is 10.2. The van der Waals surface area contributed by atoms with E-state index in [9.17, 15) is 0 Å². The van der Waals surface area contributed by atoms with Gasteiger partial charge in [-0.2, -0.15) is 10.5 Å². The number of nitrogens with zero attached hydrogens (tertiary/aromatic N) is 3. The summed E-state index contributed by atoms with van der Waals surface area (Å²) in [5, 5.41) is 19.1. The van der Waals surface area contributed by atoms with Crippen LogP contribution in [0.5, 0.6) is 0 Å². The van der Waals surface area contributed by atoms with Crippen molar-refractivity contribution in [3.05, 3.63) is 70.9 Å². The summed E-state index contributed by atoms with van der Waals surface area (Å²) in [6.45, 7) is 2.75. The van der Waals surface area contributed by atoms with Gasteiger partial charge in [-0.1, -0.05) is 12.1 Å². The van der Waals surface area contributed by atoms with E-state index in [1.54, 1.807) is 0 Å². The average molecular weight is 271 g/mol. The Morgan fingerprint density at radius 1 is 0.952 bits per heavy atom. The highest BCUT2D eigenvalue weighted by Gasteiger charge is 2.05. The van der Waals surface area contributed by atoms with E-state index in [1.807, 2.05) is 49.5 Å². The first-order valence-corrected chi connectivity index (χ1v) is 6.70. The Morgan fingerprint density at radius 2 is 1.67 bits per heavy atom. The molecule has 0 radical (unpaired) electrons. The van der Waals surface area contributed by atoms with Gasteiger partial charge in [0.05, 0.1) is 23.3 Å².